The van der Waals surface area contributed by atoms with Gasteiger partial charge in [-0.25, -0.2) is 4.79 Å². The molecule has 0 radical (unpaired) electrons. The highest BCUT2D eigenvalue weighted by Gasteiger charge is 2.21. The summed E-state index contributed by atoms with van der Waals surface area (Å²) in [5, 5.41) is 13.7. The summed E-state index contributed by atoms with van der Waals surface area (Å²) in [5.41, 5.74) is 0. The van der Waals surface area contributed by atoms with E-state index in [1.807, 2.05) is 50.2 Å². The van der Waals surface area contributed by atoms with Crippen molar-refractivity contribution in [2.45, 2.75) is 26.3 Å². The summed E-state index contributed by atoms with van der Waals surface area (Å²) in [4.78, 5) is 23.0. The molecule has 0 saturated carbocycles. The number of benzene rings is 2. The zero-order valence-electron chi connectivity index (χ0n) is 13.3. The number of carbonyl (C=O) groups excluding carboxylic acids is 1. The van der Waals surface area contributed by atoms with Crippen LogP contribution in [-0.4, -0.2) is 29.6 Å². The number of aliphatic carboxylic acids is 1. The van der Waals surface area contributed by atoms with Crippen LogP contribution in [-0.2, 0) is 9.59 Å². The first-order valence-electron chi connectivity index (χ1n) is 7.59. The van der Waals surface area contributed by atoms with Gasteiger partial charge in [0.15, 0.2) is 6.61 Å². The third-order valence-electron chi connectivity index (χ3n) is 3.43. The summed E-state index contributed by atoms with van der Waals surface area (Å²) in [6, 6.07) is 12.5. The monoisotopic (exact) mass is 315 g/mol. The van der Waals surface area contributed by atoms with E-state index in [4.69, 9.17) is 9.84 Å². The Bertz CT molecular complexity index is 696. The topological polar surface area (TPSA) is 75.6 Å². The SMILES string of the molecule is CC(C)C[C@H](NC(=O)COc1ccc2ccccc2c1)C(=O)O. The van der Waals surface area contributed by atoms with Gasteiger partial charge in [-0.2, -0.15) is 0 Å². The summed E-state index contributed by atoms with van der Waals surface area (Å²) in [7, 11) is 0. The first-order valence-corrected chi connectivity index (χ1v) is 7.59. The lowest BCUT2D eigenvalue weighted by Gasteiger charge is -2.16. The fourth-order valence-electron chi connectivity index (χ4n) is 2.33. The molecule has 5 nitrogen and oxygen atoms in total. The summed E-state index contributed by atoms with van der Waals surface area (Å²) in [6.45, 7) is 3.61. The zero-order valence-corrected chi connectivity index (χ0v) is 13.3. The predicted molar refractivity (Wildman–Crippen MR) is 88.5 cm³/mol. The molecule has 0 bridgehead atoms. The number of fused-ring (bicyclic) bond motifs is 1. The summed E-state index contributed by atoms with van der Waals surface area (Å²) in [6.07, 6.45) is 0.386. The highest BCUT2D eigenvalue weighted by molar-refractivity contribution is 5.85. The molecule has 0 unspecified atom stereocenters. The van der Waals surface area contributed by atoms with Crippen molar-refractivity contribution in [1.29, 1.82) is 0 Å². The van der Waals surface area contributed by atoms with Gasteiger partial charge in [0.25, 0.3) is 5.91 Å². The molecule has 0 aromatic heterocycles. The predicted octanol–water partition coefficient (Wildman–Crippen LogP) is 2.83. The van der Waals surface area contributed by atoms with Crippen LogP contribution in [0.4, 0.5) is 0 Å². The Morgan fingerprint density at radius 2 is 1.83 bits per heavy atom. The van der Waals surface area contributed by atoms with E-state index in [1.54, 1.807) is 6.07 Å². The van der Waals surface area contributed by atoms with Crippen LogP contribution in [0.25, 0.3) is 10.8 Å². The lowest BCUT2D eigenvalue weighted by Crippen LogP contribution is -2.43. The van der Waals surface area contributed by atoms with Gasteiger partial charge in [0.2, 0.25) is 0 Å². The lowest BCUT2D eigenvalue weighted by molar-refractivity contribution is -0.142. The Kier molecular flexibility index (Phi) is 5.57. The molecule has 0 spiro atoms. The quantitative estimate of drug-likeness (QED) is 0.824. The van der Waals surface area contributed by atoms with E-state index < -0.39 is 17.9 Å². The molecule has 0 heterocycles. The van der Waals surface area contributed by atoms with E-state index >= 15 is 0 Å². The van der Waals surface area contributed by atoms with Crippen LogP contribution in [0.2, 0.25) is 0 Å². The average molecular weight is 315 g/mol. The normalized spacial score (nSPS) is 12.1. The van der Waals surface area contributed by atoms with E-state index in [0.29, 0.717) is 12.2 Å². The maximum absolute atomic E-state index is 11.9. The van der Waals surface area contributed by atoms with E-state index in [-0.39, 0.29) is 12.5 Å². The van der Waals surface area contributed by atoms with Crippen molar-refractivity contribution in [2.24, 2.45) is 5.92 Å². The third kappa shape index (κ3) is 4.98. The maximum Gasteiger partial charge on any atom is 0.326 e. The van der Waals surface area contributed by atoms with Gasteiger partial charge in [0, 0.05) is 0 Å². The molecule has 1 atom stereocenters. The van der Waals surface area contributed by atoms with Crippen molar-refractivity contribution >= 4 is 22.6 Å². The number of hydrogen-bond donors (Lipinski definition) is 2. The van der Waals surface area contributed by atoms with Crippen LogP contribution < -0.4 is 10.1 Å². The number of rotatable bonds is 7. The molecule has 2 aromatic rings. The Morgan fingerprint density at radius 1 is 1.13 bits per heavy atom. The molecule has 2 N–H and O–H groups in total. The summed E-state index contributed by atoms with van der Waals surface area (Å²) >= 11 is 0. The molecule has 1 amide bonds. The third-order valence-corrected chi connectivity index (χ3v) is 3.43. The Hall–Kier alpha value is -2.56. The molecular weight excluding hydrogens is 294 g/mol. The molecule has 23 heavy (non-hydrogen) atoms. The van der Waals surface area contributed by atoms with Crippen molar-refractivity contribution < 1.29 is 19.4 Å². The molecule has 2 rings (SSSR count). The highest BCUT2D eigenvalue weighted by Crippen LogP contribution is 2.20. The van der Waals surface area contributed by atoms with Gasteiger partial charge in [-0.1, -0.05) is 44.2 Å². The minimum absolute atomic E-state index is 0.179. The van der Waals surface area contributed by atoms with Crippen LogP contribution in [0, 0.1) is 5.92 Å². The van der Waals surface area contributed by atoms with Crippen molar-refractivity contribution in [3.63, 3.8) is 0 Å². The Balaban J connectivity index is 1.93. The largest absolute Gasteiger partial charge is 0.484 e. The first kappa shape index (κ1) is 16.8. The van der Waals surface area contributed by atoms with Crippen molar-refractivity contribution in [3.8, 4) is 5.75 Å². The van der Waals surface area contributed by atoms with Gasteiger partial charge in [0.1, 0.15) is 11.8 Å². The van der Waals surface area contributed by atoms with Crippen LogP contribution in [0.15, 0.2) is 42.5 Å². The van der Waals surface area contributed by atoms with Gasteiger partial charge in [0.05, 0.1) is 0 Å². The molecule has 122 valence electrons. The number of carboxylic acid groups (broad SMARTS) is 1. The van der Waals surface area contributed by atoms with Crippen molar-refractivity contribution in [2.75, 3.05) is 6.61 Å². The van der Waals surface area contributed by atoms with E-state index in [0.717, 1.165) is 10.8 Å². The van der Waals surface area contributed by atoms with Crippen LogP contribution >= 0.6 is 0 Å². The van der Waals surface area contributed by atoms with Gasteiger partial charge in [-0.15, -0.1) is 0 Å². The maximum atomic E-state index is 11.9. The molecule has 0 fully saturated rings. The lowest BCUT2D eigenvalue weighted by atomic mass is 10.0. The molecule has 2 aromatic carbocycles. The van der Waals surface area contributed by atoms with Gasteiger partial charge >= 0.3 is 5.97 Å². The van der Waals surface area contributed by atoms with Crippen LogP contribution in [0.5, 0.6) is 5.75 Å². The van der Waals surface area contributed by atoms with Gasteiger partial charge < -0.3 is 15.2 Å². The zero-order chi connectivity index (χ0) is 16.8. The van der Waals surface area contributed by atoms with Gasteiger partial charge in [-0.05, 0) is 35.2 Å². The fourth-order valence-corrected chi connectivity index (χ4v) is 2.33. The summed E-state index contributed by atoms with van der Waals surface area (Å²) in [5.74, 6) is -0.712. The van der Waals surface area contributed by atoms with Crippen LogP contribution in [0.3, 0.4) is 0 Å². The smallest absolute Gasteiger partial charge is 0.326 e. The highest BCUT2D eigenvalue weighted by atomic mass is 16.5. The first-order chi connectivity index (χ1) is 11.0. The Labute approximate surface area is 135 Å². The molecule has 0 aliphatic rings. The Morgan fingerprint density at radius 3 is 2.48 bits per heavy atom. The van der Waals surface area contributed by atoms with E-state index in [1.165, 1.54) is 0 Å². The number of nitrogens with one attached hydrogen (secondary N) is 1. The number of hydrogen-bond acceptors (Lipinski definition) is 3. The number of ether oxygens (including phenoxy) is 1. The number of amides is 1. The second kappa shape index (κ2) is 7.63. The van der Waals surface area contributed by atoms with Crippen molar-refractivity contribution in [3.05, 3.63) is 42.5 Å². The molecule has 5 heteroatoms. The van der Waals surface area contributed by atoms with E-state index in [2.05, 4.69) is 5.32 Å². The second-order valence-electron chi connectivity index (χ2n) is 5.89. The van der Waals surface area contributed by atoms with Crippen molar-refractivity contribution in [1.82, 2.24) is 5.32 Å². The van der Waals surface area contributed by atoms with Gasteiger partial charge in [-0.3, -0.25) is 4.79 Å². The second-order valence-corrected chi connectivity index (χ2v) is 5.89. The molecule has 0 aliphatic heterocycles. The standard InChI is InChI=1S/C18H21NO4/c1-12(2)9-16(18(21)22)19-17(20)11-23-15-8-7-13-5-3-4-6-14(13)10-15/h3-8,10,12,16H,9,11H2,1-2H3,(H,19,20)(H,21,22)/t16-/m0/s1. The summed E-state index contributed by atoms with van der Waals surface area (Å²) < 4.78 is 5.46. The number of carbonyl (C=O) groups is 2. The van der Waals surface area contributed by atoms with Crippen LogP contribution in [0.1, 0.15) is 20.3 Å². The molecular formula is C18H21NO4. The fraction of sp³-hybridized carbons (Fsp3) is 0.333. The minimum Gasteiger partial charge on any atom is -0.484 e. The molecule has 0 aliphatic carbocycles. The minimum atomic E-state index is -1.03. The van der Waals surface area contributed by atoms with E-state index in [9.17, 15) is 9.59 Å². The number of carboxylic acids is 1. The average Bonchev–Trinajstić information content (AvgIpc) is 2.51. The molecule has 0 saturated heterocycles.